The van der Waals surface area contributed by atoms with Crippen molar-refractivity contribution >= 4 is 33.6 Å². The van der Waals surface area contributed by atoms with Gasteiger partial charge in [0.2, 0.25) is 9.04 Å². The van der Waals surface area contributed by atoms with Gasteiger partial charge in [-0.2, -0.15) is 0 Å². The van der Waals surface area contributed by atoms with Crippen LogP contribution in [0.15, 0.2) is 60.7 Å². The zero-order valence-corrected chi connectivity index (χ0v) is 22.2. The second kappa shape index (κ2) is 12.7. The first-order valence-electron chi connectivity index (χ1n) is 11.1. The highest BCUT2D eigenvalue weighted by molar-refractivity contribution is 6.80. The predicted octanol–water partition coefficient (Wildman–Crippen LogP) is 4.70. The van der Waals surface area contributed by atoms with Gasteiger partial charge in [0.15, 0.2) is 0 Å². The van der Waals surface area contributed by atoms with E-state index < -0.39 is 9.04 Å². The first-order valence-corrected chi connectivity index (χ1v) is 16.2. The molecule has 0 amide bonds. The van der Waals surface area contributed by atoms with Gasteiger partial charge in [-0.05, 0) is 21.7 Å². The summed E-state index contributed by atoms with van der Waals surface area (Å²) >= 11 is -0.139. The van der Waals surface area contributed by atoms with Gasteiger partial charge in [-0.15, -0.1) is 17.4 Å². The Labute approximate surface area is 186 Å². The maximum atomic E-state index is 6.89. The lowest BCUT2D eigenvalue weighted by Crippen LogP contribution is -2.56. The number of rotatable bonds is 7. The lowest BCUT2D eigenvalue weighted by molar-refractivity contribution is 0.0480. The van der Waals surface area contributed by atoms with Crippen molar-refractivity contribution < 1.29 is 4.43 Å². The Balaban J connectivity index is 0.000000960. The van der Waals surface area contributed by atoms with Crippen LogP contribution < -0.4 is 16.1 Å². The molecule has 0 saturated carbocycles. The number of hydrogen-bond donors (Lipinski definition) is 1. The molecule has 0 aliphatic carbocycles. The maximum absolute atomic E-state index is 6.89. The number of hydrogen-bond acceptors (Lipinski definition) is 2. The van der Waals surface area contributed by atoms with E-state index in [1.165, 1.54) is 10.4 Å². The maximum Gasteiger partial charge on any atom is 0.251 e. The van der Waals surface area contributed by atoms with Crippen LogP contribution in [0.4, 0.5) is 0 Å². The summed E-state index contributed by atoms with van der Waals surface area (Å²) in [6, 6.07) is 21.3. The number of benzene rings is 2. The van der Waals surface area contributed by atoms with E-state index in [1.807, 2.05) is 0 Å². The van der Waals surface area contributed by atoms with Crippen molar-refractivity contribution in [3.63, 3.8) is 0 Å². The summed E-state index contributed by atoms with van der Waals surface area (Å²) in [5.74, 6) is 7.35. The predicted molar refractivity (Wildman–Crippen MR) is 134 cm³/mol. The molecule has 0 aliphatic rings. The molecule has 0 bridgehead atoms. The first-order chi connectivity index (χ1) is 13.6. The molecule has 29 heavy (non-hydrogen) atoms. The molecule has 2 rings (SSSR count). The lowest BCUT2D eigenvalue weighted by atomic mass is 9.80. The lowest BCUT2D eigenvalue weighted by Gasteiger charge is -2.40. The van der Waals surface area contributed by atoms with E-state index in [1.54, 1.807) is 0 Å². The molecule has 0 saturated heterocycles. The third-order valence-electron chi connectivity index (χ3n) is 4.99. The van der Waals surface area contributed by atoms with Gasteiger partial charge in [-0.1, -0.05) is 102 Å². The molecule has 0 fully saturated rings. The van der Waals surface area contributed by atoms with Crippen LogP contribution >= 0.6 is 0 Å². The summed E-state index contributed by atoms with van der Waals surface area (Å²) in [4.78, 5) is 0. The van der Waals surface area contributed by atoms with Crippen molar-refractivity contribution in [1.29, 1.82) is 0 Å². The molecule has 1 unspecified atom stereocenters. The van der Waals surface area contributed by atoms with Gasteiger partial charge in [0.25, 0.3) is 14.1 Å². The van der Waals surface area contributed by atoms with E-state index in [4.69, 9.17) is 10.2 Å². The van der Waals surface area contributed by atoms with Crippen LogP contribution in [-0.2, 0) is 4.43 Å². The fourth-order valence-corrected chi connectivity index (χ4v) is 5.92. The monoisotopic (exact) mass is 427 g/mol. The molecular weight excluding hydrogens is 385 g/mol. The minimum Gasteiger partial charge on any atom is -0.406 e. The van der Waals surface area contributed by atoms with Gasteiger partial charge < -0.3 is 10.2 Å². The Morgan fingerprint density at radius 2 is 1.28 bits per heavy atom. The third-order valence-corrected chi connectivity index (χ3v) is 7.54. The molecular formula is C25H42AlNOSi. The van der Waals surface area contributed by atoms with Crippen LogP contribution in [0, 0.1) is 11.3 Å². The van der Waals surface area contributed by atoms with Crippen molar-refractivity contribution in [2.24, 2.45) is 17.1 Å². The van der Waals surface area contributed by atoms with Crippen LogP contribution in [0.3, 0.4) is 0 Å². The average Bonchev–Trinajstić information content (AvgIpc) is 2.67. The van der Waals surface area contributed by atoms with Crippen molar-refractivity contribution in [3.05, 3.63) is 60.7 Å². The normalized spacial score (nSPS) is 14.6. The highest BCUT2D eigenvalue weighted by Crippen LogP contribution is 2.28. The van der Waals surface area contributed by atoms with Crippen LogP contribution in [0.2, 0.25) is 17.4 Å². The molecule has 3 atom stereocenters. The van der Waals surface area contributed by atoms with Gasteiger partial charge in [0.1, 0.15) is 0 Å². The standard InChI is InChI=1S/C22H33NOSi.3CH3.Al/c1-6-17(2)20(23)21(22(3,4)5)24-25(18-13-9-7-10-14-18)19-15-11-8-12-16-19;;;;/h7-17,20-21,25H,6,23H2,1-5H3;3*1H3;/t17-,20-,21?;;;;/m0..../s1. The topological polar surface area (TPSA) is 35.2 Å². The fourth-order valence-electron chi connectivity index (χ4n) is 3.19. The van der Waals surface area contributed by atoms with Crippen LogP contribution in [0.25, 0.3) is 0 Å². The molecule has 2 N–H and O–H groups in total. The second-order valence-electron chi connectivity index (χ2n) is 9.82. The van der Waals surface area contributed by atoms with Crippen molar-refractivity contribution in [1.82, 2.24) is 0 Å². The Bertz CT molecular complexity index is 630. The van der Waals surface area contributed by atoms with Crippen LogP contribution in [-0.4, -0.2) is 35.3 Å². The Kier molecular flexibility index (Phi) is 11.5. The Morgan fingerprint density at radius 1 is 0.897 bits per heavy atom. The van der Waals surface area contributed by atoms with Crippen LogP contribution in [0.1, 0.15) is 41.0 Å². The molecule has 160 valence electrons. The highest BCUT2D eigenvalue weighted by Gasteiger charge is 2.36. The molecule has 4 heteroatoms. The van der Waals surface area contributed by atoms with Gasteiger partial charge in [-0.3, -0.25) is 0 Å². The van der Waals surface area contributed by atoms with Gasteiger partial charge in [-0.25, -0.2) is 0 Å². The average molecular weight is 428 g/mol. The van der Waals surface area contributed by atoms with E-state index in [0.717, 1.165) is 6.42 Å². The molecule has 2 nitrogen and oxygen atoms in total. The highest BCUT2D eigenvalue weighted by atomic mass is 28.3. The van der Waals surface area contributed by atoms with Crippen molar-refractivity contribution in [2.75, 3.05) is 0 Å². The summed E-state index contributed by atoms with van der Waals surface area (Å²) in [6.45, 7) is 11.1. The number of nitrogens with two attached hydrogens (primary N) is 1. The Hall–Kier alpha value is -0.891. The molecule has 0 radical (unpaired) electrons. The van der Waals surface area contributed by atoms with Crippen molar-refractivity contribution in [3.8, 4) is 0 Å². The third kappa shape index (κ3) is 9.20. The summed E-state index contributed by atoms with van der Waals surface area (Å²) in [5, 5.41) is 2.61. The summed E-state index contributed by atoms with van der Waals surface area (Å²) in [6.07, 6.45) is 1.10. The minimum atomic E-state index is -1.80. The first kappa shape index (κ1) is 26.1. The second-order valence-corrected chi connectivity index (χ2v) is 15.6. The summed E-state index contributed by atoms with van der Waals surface area (Å²) in [5.41, 5.74) is 6.66. The zero-order valence-electron chi connectivity index (χ0n) is 19.9. The minimum absolute atomic E-state index is 0.00232. The van der Waals surface area contributed by atoms with Gasteiger partial charge in [0.05, 0.1) is 6.10 Å². The van der Waals surface area contributed by atoms with E-state index >= 15 is 0 Å². The molecule has 0 spiro atoms. The Morgan fingerprint density at radius 3 is 1.59 bits per heavy atom. The van der Waals surface area contributed by atoms with Gasteiger partial charge >= 0.3 is 0 Å². The quantitative estimate of drug-likeness (QED) is 0.650. The van der Waals surface area contributed by atoms with Gasteiger partial charge in [0, 0.05) is 6.04 Å². The SMILES string of the molecule is CC[C@H](C)[C@H](N)C(O[SiH](c1ccccc1)c1ccccc1)C(C)(C)C.[CH3][Al]([CH3])[CH3]. The van der Waals surface area contributed by atoms with Crippen molar-refractivity contribution in [2.45, 2.75) is 70.5 Å². The zero-order chi connectivity index (χ0) is 22.0. The summed E-state index contributed by atoms with van der Waals surface area (Å²) < 4.78 is 6.89. The van der Waals surface area contributed by atoms with E-state index in [-0.39, 0.29) is 31.7 Å². The molecule has 0 heterocycles. The molecule has 0 aromatic heterocycles. The molecule has 2 aromatic carbocycles. The molecule has 0 aliphatic heterocycles. The largest absolute Gasteiger partial charge is 0.406 e. The summed E-state index contributed by atoms with van der Waals surface area (Å²) in [7, 11) is -1.80. The van der Waals surface area contributed by atoms with E-state index in [9.17, 15) is 0 Å². The smallest absolute Gasteiger partial charge is 0.251 e. The molecule has 2 aromatic rings. The fraction of sp³-hybridized carbons (Fsp3) is 0.520. The van der Waals surface area contributed by atoms with E-state index in [0.29, 0.717) is 5.92 Å². The van der Waals surface area contributed by atoms with Crippen LogP contribution in [0.5, 0.6) is 0 Å². The van der Waals surface area contributed by atoms with E-state index in [2.05, 4.69) is 113 Å².